The van der Waals surface area contributed by atoms with Gasteiger partial charge < -0.3 is 14.5 Å². The van der Waals surface area contributed by atoms with Crippen molar-refractivity contribution in [3.8, 4) is 5.75 Å². The first-order valence-electron chi connectivity index (χ1n) is 8.59. The number of ether oxygens (including phenoxy) is 1. The highest BCUT2D eigenvalue weighted by Crippen LogP contribution is 2.14. The van der Waals surface area contributed by atoms with Crippen LogP contribution in [0.5, 0.6) is 5.75 Å². The molecule has 1 aliphatic heterocycles. The number of tetrazole rings is 1. The fourth-order valence-corrected chi connectivity index (χ4v) is 2.91. The number of piperazine rings is 1. The van der Waals surface area contributed by atoms with Gasteiger partial charge in [-0.3, -0.25) is 9.59 Å². The zero-order valence-corrected chi connectivity index (χ0v) is 14.7. The van der Waals surface area contributed by atoms with Gasteiger partial charge in [-0.1, -0.05) is 0 Å². The molecule has 0 N–H and O–H groups in total. The molecule has 0 spiro atoms. The number of nitrogens with zero attached hydrogens (tertiary/aromatic N) is 6. The van der Waals surface area contributed by atoms with Crippen molar-refractivity contribution < 1.29 is 14.3 Å². The molecule has 0 radical (unpaired) electrons. The van der Waals surface area contributed by atoms with Gasteiger partial charge in [0.1, 0.15) is 12.1 Å². The molecule has 1 aromatic carbocycles. The van der Waals surface area contributed by atoms with Crippen LogP contribution >= 0.6 is 0 Å². The maximum absolute atomic E-state index is 12.5. The summed E-state index contributed by atoms with van der Waals surface area (Å²) in [6.07, 6.45) is 2.68. The van der Waals surface area contributed by atoms with Crippen LogP contribution in [0.4, 0.5) is 0 Å². The minimum atomic E-state index is -0.0153. The normalized spacial score (nSPS) is 14.3. The molecular formula is C17H22N6O3. The molecule has 0 aliphatic carbocycles. The standard InChI is InChI=1S/C17H22N6O3/c1-26-15-6-4-14(5-7-15)17(25)22-11-9-21(10-12-22)16(24)3-2-8-23-13-18-19-20-23/h4-7,13H,2-3,8-12H2,1H3. The monoisotopic (exact) mass is 358 g/mol. The first-order valence-corrected chi connectivity index (χ1v) is 8.59. The van der Waals surface area contributed by atoms with Gasteiger partial charge in [-0.15, -0.1) is 5.10 Å². The van der Waals surface area contributed by atoms with E-state index in [1.807, 2.05) is 4.90 Å². The Morgan fingerprint density at radius 2 is 1.77 bits per heavy atom. The number of amides is 2. The highest BCUT2D eigenvalue weighted by atomic mass is 16.5. The van der Waals surface area contributed by atoms with E-state index in [4.69, 9.17) is 4.74 Å². The van der Waals surface area contributed by atoms with Crippen LogP contribution in [0.2, 0.25) is 0 Å². The van der Waals surface area contributed by atoms with Crippen molar-refractivity contribution in [1.82, 2.24) is 30.0 Å². The number of carbonyl (C=O) groups excluding carboxylic acids is 2. The van der Waals surface area contributed by atoms with Crippen LogP contribution in [0.1, 0.15) is 23.2 Å². The summed E-state index contributed by atoms with van der Waals surface area (Å²) >= 11 is 0. The van der Waals surface area contributed by atoms with Gasteiger partial charge in [0, 0.05) is 44.7 Å². The van der Waals surface area contributed by atoms with Gasteiger partial charge in [-0.25, -0.2) is 4.68 Å². The molecular weight excluding hydrogens is 336 g/mol. The highest BCUT2D eigenvalue weighted by molar-refractivity contribution is 5.94. The molecule has 2 amide bonds. The average Bonchev–Trinajstić information content (AvgIpc) is 3.21. The lowest BCUT2D eigenvalue weighted by molar-refractivity contribution is -0.132. The Hall–Kier alpha value is -2.97. The van der Waals surface area contributed by atoms with Gasteiger partial charge in [-0.2, -0.15) is 0 Å². The van der Waals surface area contributed by atoms with Crippen molar-refractivity contribution in [1.29, 1.82) is 0 Å². The summed E-state index contributed by atoms with van der Waals surface area (Å²) in [5, 5.41) is 10.9. The van der Waals surface area contributed by atoms with Gasteiger partial charge in [0.2, 0.25) is 5.91 Å². The number of aryl methyl sites for hydroxylation is 1. The molecule has 1 aliphatic rings. The zero-order chi connectivity index (χ0) is 18.4. The first-order chi connectivity index (χ1) is 12.7. The lowest BCUT2D eigenvalue weighted by atomic mass is 10.1. The number of aromatic nitrogens is 4. The third kappa shape index (κ3) is 4.35. The van der Waals surface area contributed by atoms with Crippen molar-refractivity contribution >= 4 is 11.8 Å². The molecule has 3 rings (SSSR count). The van der Waals surface area contributed by atoms with Crippen molar-refractivity contribution in [3.05, 3.63) is 36.2 Å². The Bertz CT molecular complexity index is 723. The van der Waals surface area contributed by atoms with Crippen LogP contribution in [0.25, 0.3) is 0 Å². The van der Waals surface area contributed by atoms with Crippen LogP contribution in [0, 0.1) is 0 Å². The molecule has 2 heterocycles. The van der Waals surface area contributed by atoms with E-state index in [1.54, 1.807) is 41.0 Å². The maximum Gasteiger partial charge on any atom is 0.253 e. The van der Waals surface area contributed by atoms with Crippen LogP contribution < -0.4 is 4.74 Å². The summed E-state index contributed by atoms with van der Waals surface area (Å²) in [7, 11) is 1.59. The minimum Gasteiger partial charge on any atom is -0.497 e. The summed E-state index contributed by atoms with van der Waals surface area (Å²) in [6.45, 7) is 2.83. The van der Waals surface area contributed by atoms with E-state index in [1.165, 1.54) is 6.33 Å². The topological polar surface area (TPSA) is 93.5 Å². The number of benzene rings is 1. The Morgan fingerprint density at radius 1 is 1.08 bits per heavy atom. The largest absolute Gasteiger partial charge is 0.497 e. The summed E-state index contributed by atoms with van der Waals surface area (Å²) in [5.74, 6) is 0.812. The van der Waals surface area contributed by atoms with E-state index in [0.29, 0.717) is 51.1 Å². The third-order valence-electron chi connectivity index (χ3n) is 4.43. The minimum absolute atomic E-state index is 0.0153. The zero-order valence-electron chi connectivity index (χ0n) is 14.7. The van der Waals surface area contributed by atoms with E-state index >= 15 is 0 Å². The summed E-state index contributed by atoms with van der Waals surface area (Å²) in [5.41, 5.74) is 0.631. The lowest BCUT2D eigenvalue weighted by Crippen LogP contribution is -2.50. The number of carbonyl (C=O) groups is 2. The van der Waals surface area contributed by atoms with Gasteiger partial charge in [0.25, 0.3) is 5.91 Å². The molecule has 1 fully saturated rings. The van der Waals surface area contributed by atoms with Crippen LogP contribution in [-0.4, -0.2) is 75.1 Å². The second-order valence-corrected chi connectivity index (χ2v) is 6.08. The molecule has 26 heavy (non-hydrogen) atoms. The Kier molecular flexibility index (Phi) is 5.77. The molecule has 0 saturated carbocycles. The van der Waals surface area contributed by atoms with Gasteiger partial charge >= 0.3 is 0 Å². The predicted octanol–water partition coefficient (Wildman–Crippen LogP) is 0.447. The second kappa shape index (κ2) is 8.41. The van der Waals surface area contributed by atoms with Crippen LogP contribution in [0.3, 0.4) is 0 Å². The summed E-state index contributed by atoms with van der Waals surface area (Å²) in [4.78, 5) is 28.4. The van der Waals surface area contributed by atoms with Gasteiger partial charge in [-0.05, 0) is 41.1 Å². The fourth-order valence-electron chi connectivity index (χ4n) is 2.91. The maximum atomic E-state index is 12.5. The van der Waals surface area contributed by atoms with Gasteiger partial charge in [0.15, 0.2) is 0 Å². The third-order valence-corrected chi connectivity index (χ3v) is 4.43. The van der Waals surface area contributed by atoms with Crippen LogP contribution in [0.15, 0.2) is 30.6 Å². The highest BCUT2D eigenvalue weighted by Gasteiger charge is 2.24. The van der Waals surface area contributed by atoms with Gasteiger partial charge in [0.05, 0.1) is 7.11 Å². The molecule has 0 atom stereocenters. The van der Waals surface area contributed by atoms with E-state index in [0.717, 1.165) is 5.75 Å². The molecule has 9 nitrogen and oxygen atoms in total. The van der Waals surface area contributed by atoms with Crippen molar-refractivity contribution in [2.45, 2.75) is 19.4 Å². The Balaban J connectivity index is 1.44. The Morgan fingerprint density at radius 3 is 2.38 bits per heavy atom. The smallest absolute Gasteiger partial charge is 0.253 e. The molecule has 1 saturated heterocycles. The molecule has 2 aromatic rings. The quantitative estimate of drug-likeness (QED) is 0.744. The van der Waals surface area contributed by atoms with Crippen molar-refractivity contribution in [3.63, 3.8) is 0 Å². The molecule has 1 aromatic heterocycles. The molecule has 138 valence electrons. The first kappa shape index (κ1) is 17.8. The average molecular weight is 358 g/mol. The SMILES string of the molecule is COc1ccc(C(=O)N2CCN(C(=O)CCCn3cnnn3)CC2)cc1. The predicted molar refractivity (Wildman–Crippen MR) is 92.5 cm³/mol. The number of hydrogen-bond acceptors (Lipinski definition) is 6. The summed E-state index contributed by atoms with van der Waals surface area (Å²) < 4.78 is 6.72. The Labute approximate surface area is 151 Å². The lowest BCUT2D eigenvalue weighted by Gasteiger charge is -2.35. The molecule has 0 unspecified atom stereocenters. The molecule has 0 bridgehead atoms. The second-order valence-electron chi connectivity index (χ2n) is 6.08. The fraction of sp³-hybridized carbons (Fsp3) is 0.471. The van der Waals surface area contributed by atoms with E-state index in [9.17, 15) is 9.59 Å². The number of methoxy groups -OCH3 is 1. The van der Waals surface area contributed by atoms with Crippen molar-refractivity contribution in [2.24, 2.45) is 0 Å². The van der Waals surface area contributed by atoms with E-state index < -0.39 is 0 Å². The van der Waals surface area contributed by atoms with E-state index in [-0.39, 0.29) is 11.8 Å². The molecule has 9 heteroatoms. The number of rotatable bonds is 6. The van der Waals surface area contributed by atoms with E-state index in [2.05, 4.69) is 15.5 Å². The van der Waals surface area contributed by atoms with Crippen LogP contribution in [-0.2, 0) is 11.3 Å². The van der Waals surface area contributed by atoms with Crippen molar-refractivity contribution in [2.75, 3.05) is 33.3 Å². The number of hydrogen-bond donors (Lipinski definition) is 0. The summed E-state index contributed by atoms with van der Waals surface area (Å²) in [6, 6.07) is 7.07.